The van der Waals surface area contributed by atoms with Gasteiger partial charge < -0.3 is 0 Å². The molecule has 1 aromatic heterocycles. The third kappa shape index (κ3) is 2.40. The zero-order chi connectivity index (χ0) is 16.7. The molecule has 1 heterocycles. The van der Waals surface area contributed by atoms with Crippen LogP contribution in [-0.2, 0) is 20.4 Å². The van der Waals surface area contributed by atoms with Gasteiger partial charge in [0.1, 0.15) is 0 Å². The van der Waals surface area contributed by atoms with Gasteiger partial charge in [-0.15, -0.1) is 0 Å². The summed E-state index contributed by atoms with van der Waals surface area (Å²) in [5.41, 5.74) is 3.45. The molecule has 0 bridgehead atoms. The van der Waals surface area contributed by atoms with Crippen molar-refractivity contribution in [3.8, 4) is 5.69 Å². The van der Waals surface area contributed by atoms with E-state index in [1.807, 2.05) is 48.6 Å². The van der Waals surface area contributed by atoms with Gasteiger partial charge in [-0.3, -0.25) is 0 Å². The molecule has 0 aliphatic heterocycles. The molecule has 0 saturated carbocycles. The van der Waals surface area contributed by atoms with Crippen molar-refractivity contribution in [2.45, 2.75) is 12.8 Å². The second kappa shape index (κ2) is 6.16. The van der Waals surface area contributed by atoms with Crippen molar-refractivity contribution in [3.63, 3.8) is 0 Å². The minimum atomic E-state index is -0.498. The number of hydrogen-bond acceptors (Lipinski definition) is 0. The van der Waals surface area contributed by atoms with Gasteiger partial charge in [-0.2, -0.15) is 0 Å². The second-order valence-corrected chi connectivity index (χ2v) is 6.62. The first kappa shape index (κ1) is 15.6. The zero-order valence-electron chi connectivity index (χ0n) is 12.9. The van der Waals surface area contributed by atoms with Crippen LogP contribution >= 0.6 is 0 Å². The van der Waals surface area contributed by atoms with Crippen LogP contribution in [0.15, 0.2) is 61.0 Å². The Bertz CT molecular complexity index is 931. The Hall–Kier alpha value is -1.97. The molecular weight excluding hydrogens is 340 g/mol. The van der Waals surface area contributed by atoms with Crippen molar-refractivity contribution in [2.75, 3.05) is 0 Å². The monoisotopic (exact) mass is 354 g/mol. The Morgan fingerprint density at radius 2 is 1.42 bits per heavy atom. The number of halogens is 2. The molecule has 1 aromatic carbocycles. The van der Waals surface area contributed by atoms with Gasteiger partial charge in [-0.05, 0) is 0 Å². The van der Waals surface area contributed by atoms with Crippen LogP contribution < -0.4 is 3.87 Å². The number of nitrogens with zero attached hydrogens (tertiary/aromatic N) is 1. The summed E-state index contributed by atoms with van der Waals surface area (Å²) < 4.78 is 32.0. The number of benzene rings is 1. The molecule has 2 aromatic rings. The van der Waals surface area contributed by atoms with Crippen LogP contribution in [0.25, 0.3) is 16.8 Å². The fourth-order valence-electron chi connectivity index (χ4n) is 3.28. The summed E-state index contributed by atoms with van der Waals surface area (Å²) in [6, 6.07) is 3.69. The van der Waals surface area contributed by atoms with Gasteiger partial charge in [0, 0.05) is 0 Å². The third-order valence-electron chi connectivity index (χ3n) is 4.40. The molecule has 0 fully saturated rings. The summed E-state index contributed by atoms with van der Waals surface area (Å²) in [7, 11) is 0. The topological polar surface area (TPSA) is 4.93 Å². The van der Waals surface area contributed by atoms with E-state index in [0.717, 1.165) is 11.1 Å². The summed E-state index contributed by atoms with van der Waals surface area (Å²) >= 11 is 1.51. The predicted molar refractivity (Wildman–Crippen MR) is 88.8 cm³/mol. The fraction of sp³-hybridized carbons (Fsp3) is 0.100. The maximum atomic E-state index is 15.1. The Kier molecular flexibility index (Phi) is 3.99. The quantitative estimate of drug-likeness (QED) is 0.710. The first-order valence-corrected chi connectivity index (χ1v) is 8.58. The molecule has 24 heavy (non-hydrogen) atoms. The SMILES string of the molecule is Fc1[c]([Ti])c(F)c(-n2cccc2)c(C2=CC=CC2)c1C1=CC=CC1. The van der Waals surface area contributed by atoms with E-state index < -0.39 is 11.6 Å². The van der Waals surface area contributed by atoms with E-state index in [9.17, 15) is 0 Å². The van der Waals surface area contributed by atoms with E-state index in [-0.39, 0.29) is 3.87 Å². The number of aromatic nitrogens is 1. The van der Waals surface area contributed by atoms with Crippen molar-refractivity contribution in [1.29, 1.82) is 0 Å². The molecule has 0 unspecified atom stereocenters. The summed E-state index contributed by atoms with van der Waals surface area (Å²) in [6.07, 6.45) is 16.7. The molecular formula is C20H14F2NTi. The standard InChI is InChI=1S/C20H14F2N.Ti/c21-16-13-17(22)20(23-11-5-6-12-23)19(15-9-3-4-10-15)18(16)14-7-1-2-8-14;/h1-7,9,11-12H,8,10H2;. The molecule has 4 heteroatoms. The van der Waals surface area contributed by atoms with Crippen LogP contribution in [0.4, 0.5) is 8.78 Å². The summed E-state index contributed by atoms with van der Waals surface area (Å²) in [5, 5.41) is 0. The molecule has 1 nitrogen and oxygen atoms in total. The van der Waals surface area contributed by atoms with Gasteiger partial charge in [-0.1, -0.05) is 0 Å². The van der Waals surface area contributed by atoms with Crippen LogP contribution in [-0.4, -0.2) is 4.57 Å². The average Bonchev–Trinajstić information content (AvgIpc) is 3.34. The molecule has 0 radical (unpaired) electrons. The maximum absolute atomic E-state index is 15.1. The number of hydrogen-bond donors (Lipinski definition) is 0. The Morgan fingerprint density at radius 1 is 0.833 bits per heavy atom. The van der Waals surface area contributed by atoms with E-state index in [1.165, 1.54) is 20.4 Å². The molecule has 0 saturated heterocycles. The first-order valence-electron chi connectivity index (χ1n) is 7.80. The summed E-state index contributed by atoms with van der Waals surface area (Å²) in [5.74, 6) is -0.956. The summed E-state index contributed by atoms with van der Waals surface area (Å²) in [4.78, 5) is 0. The van der Waals surface area contributed by atoms with Crippen molar-refractivity contribution in [2.24, 2.45) is 0 Å². The minimum absolute atomic E-state index is 0.0665. The van der Waals surface area contributed by atoms with Gasteiger partial charge in [0.25, 0.3) is 0 Å². The molecule has 0 amide bonds. The molecule has 117 valence electrons. The van der Waals surface area contributed by atoms with Crippen molar-refractivity contribution in [3.05, 3.63) is 83.7 Å². The van der Waals surface area contributed by atoms with E-state index in [0.29, 0.717) is 29.7 Å². The van der Waals surface area contributed by atoms with Crippen molar-refractivity contribution < 1.29 is 29.2 Å². The molecule has 2 aliphatic carbocycles. The van der Waals surface area contributed by atoms with E-state index >= 15 is 8.78 Å². The Morgan fingerprint density at radius 3 is 1.96 bits per heavy atom. The van der Waals surface area contributed by atoms with E-state index in [4.69, 9.17) is 0 Å². The summed E-state index contributed by atoms with van der Waals surface area (Å²) in [6.45, 7) is 0. The predicted octanol–water partition coefficient (Wildman–Crippen LogP) is 4.61. The van der Waals surface area contributed by atoms with Gasteiger partial charge in [-0.25, -0.2) is 0 Å². The molecule has 2 aliphatic rings. The van der Waals surface area contributed by atoms with Crippen LogP contribution in [0, 0.1) is 11.6 Å². The van der Waals surface area contributed by atoms with Gasteiger partial charge >= 0.3 is 151 Å². The van der Waals surface area contributed by atoms with Crippen molar-refractivity contribution in [1.82, 2.24) is 4.57 Å². The second-order valence-electron chi connectivity index (χ2n) is 5.84. The molecule has 0 spiro atoms. The number of rotatable bonds is 3. The van der Waals surface area contributed by atoms with Crippen LogP contribution in [0.2, 0.25) is 0 Å². The van der Waals surface area contributed by atoms with Gasteiger partial charge in [0.05, 0.1) is 0 Å². The Labute approximate surface area is 151 Å². The normalized spacial score (nSPS) is 15.9. The average molecular weight is 354 g/mol. The van der Waals surface area contributed by atoms with E-state index in [1.54, 1.807) is 17.0 Å². The third-order valence-corrected chi connectivity index (χ3v) is 5.09. The first-order chi connectivity index (χ1) is 11.7. The molecule has 0 atom stereocenters. The van der Waals surface area contributed by atoms with Crippen LogP contribution in [0.5, 0.6) is 0 Å². The zero-order valence-corrected chi connectivity index (χ0v) is 14.5. The molecule has 4 rings (SSSR count). The van der Waals surface area contributed by atoms with Crippen LogP contribution in [0.3, 0.4) is 0 Å². The Balaban J connectivity index is 2.09. The van der Waals surface area contributed by atoms with Gasteiger partial charge in [0.15, 0.2) is 0 Å². The van der Waals surface area contributed by atoms with Gasteiger partial charge in [0.2, 0.25) is 0 Å². The van der Waals surface area contributed by atoms with Crippen LogP contribution in [0.1, 0.15) is 24.0 Å². The fourth-order valence-corrected chi connectivity index (χ4v) is 3.66. The van der Waals surface area contributed by atoms with E-state index in [2.05, 4.69) is 0 Å². The molecule has 0 N–H and O–H groups in total. The van der Waals surface area contributed by atoms with Crippen molar-refractivity contribution >= 4 is 15.0 Å². The number of allylic oxidation sites excluding steroid dienone is 8.